The van der Waals surface area contributed by atoms with Gasteiger partial charge in [-0.25, -0.2) is 0 Å². The van der Waals surface area contributed by atoms with Crippen molar-refractivity contribution in [2.24, 2.45) is 0 Å². The molecule has 30 heavy (non-hydrogen) atoms. The number of nitrogens with one attached hydrogen (secondary N) is 1. The summed E-state index contributed by atoms with van der Waals surface area (Å²) in [4.78, 5) is 7.04. The number of ether oxygens (including phenoxy) is 1. The zero-order valence-corrected chi connectivity index (χ0v) is 18.5. The summed E-state index contributed by atoms with van der Waals surface area (Å²) >= 11 is 0. The maximum absolute atomic E-state index is 5.68. The van der Waals surface area contributed by atoms with Crippen molar-refractivity contribution in [2.45, 2.75) is 57.9 Å². The van der Waals surface area contributed by atoms with Gasteiger partial charge in [-0.05, 0) is 74.9 Å². The molecule has 1 N–H and O–H groups in total. The molecule has 1 saturated heterocycles. The van der Waals surface area contributed by atoms with Gasteiger partial charge in [0.15, 0.2) is 0 Å². The Morgan fingerprint density at radius 1 is 0.800 bits per heavy atom. The third-order valence-electron chi connectivity index (χ3n) is 5.81. The topological polar surface area (TPSA) is 37.4 Å². The monoisotopic (exact) mass is 409 g/mol. The van der Waals surface area contributed by atoms with E-state index in [1.165, 1.54) is 49.0 Å². The van der Waals surface area contributed by atoms with Gasteiger partial charge in [0.25, 0.3) is 0 Å². The van der Waals surface area contributed by atoms with Crippen molar-refractivity contribution in [1.29, 1.82) is 0 Å². The van der Waals surface area contributed by atoms with E-state index in [4.69, 9.17) is 4.74 Å². The molecule has 2 aromatic rings. The van der Waals surface area contributed by atoms with Crippen LogP contribution in [-0.2, 0) is 24.1 Å². The summed E-state index contributed by atoms with van der Waals surface area (Å²) in [6, 6.07) is 15.5. The minimum Gasteiger partial charge on any atom is -0.381 e. The molecule has 4 nitrogen and oxygen atoms in total. The molecule has 3 rings (SSSR count). The molecule has 0 saturated carbocycles. The first-order chi connectivity index (χ1) is 14.9. The lowest BCUT2D eigenvalue weighted by molar-refractivity contribution is 0.126. The van der Waals surface area contributed by atoms with Crippen LogP contribution in [0.15, 0.2) is 48.7 Å². The standard InChI is InChI=1S/C26H39N3O/c1-2-6-21-30-22-8-16-27-18-20-29(19-5-1)23-25-14-12-24(13-15-25)9-7-11-26-10-3-4-17-28-26/h3-4,10,12-15,17,27H,1-2,5-9,11,16,18-23H2. The predicted octanol–water partition coefficient (Wildman–Crippen LogP) is 4.63. The minimum absolute atomic E-state index is 0.894. The first-order valence-corrected chi connectivity index (χ1v) is 11.9. The summed E-state index contributed by atoms with van der Waals surface area (Å²) in [5.74, 6) is 0. The van der Waals surface area contributed by atoms with Crippen LogP contribution in [0.5, 0.6) is 0 Å². The van der Waals surface area contributed by atoms with Crippen LogP contribution >= 0.6 is 0 Å². The number of aryl methyl sites for hydroxylation is 2. The number of hydrogen-bond acceptors (Lipinski definition) is 4. The largest absolute Gasteiger partial charge is 0.381 e. The Balaban J connectivity index is 1.42. The lowest BCUT2D eigenvalue weighted by Crippen LogP contribution is -2.33. The van der Waals surface area contributed by atoms with Crippen LogP contribution < -0.4 is 5.32 Å². The van der Waals surface area contributed by atoms with Crippen LogP contribution in [0, 0.1) is 0 Å². The van der Waals surface area contributed by atoms with Crippen LogP contribution in [0.3, 0.4) is 0 Å². The number of rotatable bonds is 6. The van der Waals surface area contributed by atoms with Crippen LogP contribution in [0.1, 0.15) is 55.3 Å². The number of nitrogens with zero attached hydrogens (tertiary/aromatic N) is 2. The zero-order chi connectivity index (χ0) is 20.7. The van der Waals surface area contributed by atoms with Gasteiger partial charge in [0, 0.05) is 44.7 Å². The lowest BCUT2D eigenvalue weighted by Gasteiger charge is -2.23. The second kappa shape index (κ2) is 14.3. The van der Waals surface area contributed by atoms with Gasteiger partial charge in [0.2, 0.25) is 0 Å². The first-order valence-electron chi connectivity index (χ1n) is 11.9. The maximum Gasteiger partial charge on any atom is 0.0478 e. The highest BCUT2D eigenvalue weighted by atomic mass is 16.5. The molecule has 0 radical (unpaired) electrons. The highest BCUT2D eigenvalue weighted by Gasteiger charge is 2.07. The molecule has 4 heteroatoms. The number of aromatic nitrogens is 1. The van der Waals surface area contributed by atoms with Gasteiger partial charge in [0.05, 0.1) is 0 Å². The molecule has 0 aliphatic carbocycles. The molecule has 0 spiro atoms. The molecule has 0 amide bonds. The molecule has 1 aliphatic heterocycles. The summed E-state index contributed by atoms with van der Waals surface area (Å²) in [5.41, 5.74) is 4.05. The lowest BCUT2D eigenvalue weighted by atomic mass is 10.0. The third-order valence-corrected chi connectivity index (χ3v) is 5.81. The van der Waals surface area contributed by atoms with E-state index in [0.717, 1.165) is 65.1 Å². The third kappa shape index (κ3) is 9.38. The van der Waals surface area contributed by atoms with Crippen LogP contribution in [0.25, 0.3) is 0 Å². The van der Waals surface area contributed by atoms with E-state index in [1.807, 2.05) is 12.3 Å². The Hall–Kier alpha value is -1.75. The fraction of sp³-hybridized carbons (Fsp3) is 0.577. The van der Waals surface area contributed by atoms with E-state index in [-0.39, 0.29) is 0 Å². The van der Waals surface area contributed by atoms with Crippen molar-refractivity contribution in [1.82, 2.24) is 15.2 Å². The van der Waals surface area contributed by atoms with Crippen molar-refractivity contribution in [2.75, 3.05) is 39.4 Å². The van der Waals surface area contributed by atoms with Crippen LogP contribution in [0.4, 0.5) is 0 Å². The summed E-state index contributed by atoms with van der Waals surface area (Å²) in [6.07, 6.45) is 11.4. The second-order valence-electron chi connectivity index (χ2n) is 8.40. The predicted molar refractivity (Wildman–Crippen MR) is 125 cm³/mol. The number of pyridine rings is 1. The Morgan fingerprint density at radius 3 is 2.50 bits per heavy atom. The fourth-order valence-corrected chi connectivity index (χ4v) is 4.02. The summed E-state index contributed by atoms with van der Waals surface area (Å²) in [6.45, 7) is 7.30. The molecule has 1 aromatic heterocycles. The summed E-state index contributed by atoms with van der Waals surface area (Å²) < 4.78 is 5.68. The van der Waals surface area contributed by atoms with E-state index in [1.54, 1.807) is 0 Å². The molecule has 2 heterocycles. The Kier molecular flexibility index (Phi) is 10.9. The van der Waals surface area contributed by atoms with E-state index < -0.39 is 0 Å². The molecule has 1 aliphatic rings. The second-order valence-corrected chi connectivity index (χ2v) is 8.40. The van der Waals surface area contributed by atoms with E-state index in [2.05, 4.69) is 51.6 Å². The molecular weight excluding hydrogens is 370 g/mol. The Labute approximate surface area is 183 Å². The van der Waals surface area contributed by atoms with E-state index in [0.29, 0.717) is 0 Å². The van der Waals surface area contributed by atoms with E-state index in [9.17, 15) is 0 Å². The Bertz CT molecular complexity index is 660. The van der Waals surface area contributed by atoms with Gasteiger partial charge in [-0.1, -0.05) is 43.2 Å². The highest BCUT2D eigenvalue weighted by molar-refractivity contribution is 5.22. The zero-order valence-electron chi connectivity index (χ0n) is 18.5. The van der Waals surface area contributed by atoms with Crippen LogP contribution in [0.2, 0.25) is 0 Å². The quantitative estimate of drug-likeness (QED) is 0.755. The Morgan fingerprint density at radius 2 is 1.63 bits per heavy atom. The van der Waals surface area contributed by atoms with Gasteiger partial charge in [0.1, 0.15) is 0 Å². The van der Waals surface area contributed by atoms with Crippen molar-refractivity contribution in [3.05, 3.63) is 65.5 Å². The maximum atomic E-state index is 5.68. The number of hydrogen-bond donors (Lipinski definition) is 1. The number of benzene rings is 1. The van der Waals surface area contributed by atoms with Crippen molar-refractivity contribution < 1.29 is 4.74 Å². The molecule has 1 aromatic carbocycles. The molecule has 0 bridgehead atoms. The highest BCUT2D eigenvalue weighted by Crippen LogP contribution is 2.12. The summed E-state index contributed by atoms with van der Waals surface area (Å²) in [7, 11) is 0. The van der Waals surface area contributed by atoms with Gasteiger partial charge in [-0.3, -0.25) is 9.88 Å². The summed E-state index contributed by atoms with van der Waals surface area (Å²) in [5, 5.41) is 3.57. The van der Waals surface area contributed by atoms with Gasteiger partial charge in [-0.2, -0.15) is 0 Å². The smallest absolute Gasteiger partial charge is 0.0478 e. The average molecular weight is 410 g/mol. The van der Waals surface area contributed by atoms with Crippen molar-refractivity contribution >= 4 is 0 Å². The fourth-order valence-electron chi connectivity index (χ4n) is 4.02. The van der Waals surface area contributed by atoms with Gasteiger partial charge in [-0.15, -0.1) is 0 Å². The molecule has 0 atom stereocenters. The van der Waals surface area contributed by atoms with Crippen LogP contribution in [-0.4, -0.2) is 49.3 Å². The van der Waals surface area contributed by atoms with Gasteiger partial charge >= 0.3 is 0 Å². The normalized spacial score (nSPS) is 18.0. The molecule has 0 unspecified atom stereocenters. The SMILES string of the molecule is c1ccc(CCCc2ccc(CN3CCCCCCOCCCNCC3)cc2)nc1. The molecule has 164 valence electrons. The van der Waals surface area contributed by atoms with Crippen molar-refractivity contribution in [3.63, 3.8) is 0 Å². The van der Waals surface area contributed by atoms with Gasteiger partial charge < -0.3 is 10.1 Å². The van der Waals surface area contributed by atoms with Crippen molar-refractivity contribution in [3.8, 4) is 0 Å². The first kappa shape index (κ1) is 22.9. The molecule has 1 fully saturated rings. The minimum atomic E-state index is 0.894. The van der Waals surface area contributed by atoms with E-state index >= 15 is 0 Å². The average Bonchev–Trinajstić information content (AvgIpc) is 2.78. The molecular formula is C26H39N3O.